The second kappa shape index (κ2) is 7.03. The lowest BCUT2D eigenvalue weighted by molar-refractivity contribution is -0.385. The molecular formula is C18H14ClNO5. The summed E-state index contributed by atoms with van der Waals surface area (Å²) in [5.41, 5.74) is 2.15. The minimum absolute atomic E-state index is 0.169. The van der Waals surface area contributed by atoms with Crippen molar-refractivity contribution in [3.05, 3.63) is 73.8 Å². The van der Waals surface area contributed by atoms with Crippen LogP contribution in [0.3, 0.4) is 0 Å². The van der Waals surface area contributed by atoms with Gasteiger partial charge in [-0.05, 0) is 48.6 Å². The van der Waals surface area contributed by atoms with Gasteiger partial charge in [-0.25, -0.2) is 4.79 Å². The van der Waals surface area contributed by atoms with Crippen molar-refractivity contribution in [1.82, 2.24) is 0 Å². The Bertz CT molecular complexity index is 878. The lowest BCUT2D eigenvalue weighted by Crippen LogP contribution is -2.15. The Morgan fingerprint density at radius 3 is 2.64 bits per heavy atom. The van der Waals surface area contributed by atoms with Gasteiger partial charge in [-0.2, -0.15) is 0 Å². The summed E-state index contributed by atoms with van der Waals surface area (Å²) in [4.78, 5) is 34.6. The molecule has 0 aliphatic heterocycles. The van der Waals surface area contributed by atoms with Crippen LogP contribution < -0.4 is 0 Å². The van der Waals surface area contributed by atoms with Crippen molar-refractivity contribution in [3.8, 4) is 0 Å². The van der Waals surface area contributed by atoms with E-state index in [4.69, 9.17) is 16.3 Å². The SMILES string of the molecule is O=C(COC(=O)c1cc(Cl)ccc1[N+](=O)[O-])c1ccc2c(c1)CCC2. The molecule has 1 aliphatic carbocycles. The van der Waals surface area contributed by atoms with Crippen molar-refractivity contribution in [2.45, 2.75) is 19.3 Å². The van der Waals surface area contributed by atoms with Crippen molar-refractivity contribution in [1.29, 1.82) is 0 Å². The van der Waals surface area contributed by atoms with Crippen LogP contribution in [0.2, 0.25) is 5.02 Å². The average Bonchev–Trinajstić information content (AvgIpc) is 3.06. The van der Waals surface area contributed by atoms with Crippen LogP contribution >= 0.6 is 11.6 Å². The standard InChI is InChI=1S/C18H14ClNO5/c19-14-6-7-16(20(23)24)15(9-14)18(22)25-10-17(21)13-5-4-11-2-1-3-12(11)8-13/h4-9H,1-3,10H2. The smallest absolute Gasteiger partial charge is 0.345 e. The molecule has 3 rings (SSSR count). The number of hydrogen-bond acceptors (Lipinski definition) is 5. The highest BCUT2D eigenvalue weighted by atomic mass is 35.5. The lowest BCUT2D eigenvalue weighted by atomic mass is 10.0. The van der Waals surface area contributed by atoms with Gasteiger partial charge in [-0.1, -0.05) is 23.7 Å². The van der Waals surface area contributed by atoms with Crippen LogP contribution in [-0.2, 0) is 17.6 Å². The number of aryl methyl sites for hydroxylation is 2. The summed E-state index contributed by atoms with van der Waals surface area (Å²) in [7, 11) is 0. The number of carbonyl (C=O) groups excluding carboxylic acids is 2. The number of ketones is 1. The minimum atomic E-state index is -0.955. The Labute approximate surface area is 148 Å². The van der Waals surface area contributed by atoms with Gasteiger partial charge in [-0.3, -0.25) is 14.9 Å². The van der Waals surface area contributed by atoms with Gasteiger partial charge >= 0.3 is 5.97 Å². The quantitative estimate of drug-likeness (QED) is 0.351. The first-order chi connectivity index (χ1) is 12.0. The first-order valence-corrected chi connectivity index (χ1v) is 8.09. The van der Waals surface area contributed by atoms with Crippen molar-refractivity contribution in [2.24, 2.45) is 0 Å². The zero-order chi connectivity index (χ0) is 18.0. The summed E-state index contributed by atoms with van der Waals surface area (Å²) < 4.78 is 4.96. The van der Waals surface area contributed by atoms with Crippen LogP contribution in [0.15, 0.2) is 36.4 Å². The zero-order valence-corrected chi connectivity index (χ0v) is 13.9. The van der Waals surface area contributed by atoms with Crippen molar-refractivity contribution in [3.63, 3.8) is 0 Å². The molecule has 0 bridgehead atoms. The van der Waals surface area contributed by atoms with E-state index in [1.165, 1.54) is 11.6 Å². The Kier molecular flexibility index (Phi) is 4.81. The molecule has 1 aliphatic rings. The van der Waals surface area contributed by atoms with Crippen LogP contribution in [0, 0.1) is 10.1 Å². The zero-order valence-electron chi connectivity index (χ0n) is 13.2. The highest BCUT2D eigenvalue weighted by molar-refractivity contribution is 6.31. The van der Waals surface area contributed by atoms with Crippen molar-refractivity contribution < 1.29 is 19.2 Å². The Hall–Kier alpha value is -2.73. The molecule has 0 heterocycles. The van der Waals surface area contributed by atoms with Gasteiger partial charge in [0, 0.05) is 16.7 Å². The number of carbonyl (C=O) groups is 2. The molecule has 0 saturated heterocycles. The van der Waals surface area contributed by atoms with E-state index in [0.29, 0.717) is 5.56 Å². The second-order valence-electron chi connectivity index (χ2n) is 5.75. The highest BCUT2D eigenvalue weighted by Gasteiger charge is 2.23. The molecule has 0 amide bonds. The fraction of sp³-hybridized carbons (Fsp3) is 0.222. The second-order valence-corrected chi connectivity index (χ2v) is 6.19. The number of fused-ring (bicyclic) bond motifs is 1. The summed E-state index contributed by atoms with van der Waals surface area (Å²) in [6, 6.07) is 9.04. The molecule has 25 heavy (non-hydrogen) atoms. The summed E-state index contributed by atoms with van der Waals surface area (Å²) in [6.45, 7) is -0.485. The lowest BCUT2D eigenvalue weighted by Gasteiger charge is -2.07. The molecule has 0 N–H and O–H groups in total. The molecule has 7 heteroatoms. The largest absolute Gasteiger partial charge is 0.454 e. The van der Waals surface area contributed by atoms with E-state index in [9.17, 15) is 19.7 Å². The first kappa shape index (κ1) is 17.1. The summed E-state index contributed by atoms with van der Waals surface area (Å²) >= 11 is 5.78. The van der Waals surface area contributed by atoms with Gasteiger partial charge < -0.3 is 4.74 Å². The maximum absolute atomic E-state index is 12.2. The fourth-order valence-corrected chi connectivity index (χ4v) is 3.04. The number of benzene rings is 2. The first-order valence-electron chi connectivity index (χ1n) is 7.72. The van der Waals surface area contributed by atoms with E-state index < -0.39 is 23.2 Å². The Morgan fingerprint density at radius 2 is 1.88 bits per heavy atom. The molecule has 6 nitrogen and oxygen atoms in total. The van der Waals surface area contributed by atoms with Crippen LogP contribution in [0.4, 0.5) is 5.69 Å². The van der Waals surface area contributed by atoms with Crippen LogP contribution in [0.5, 0.6) is 0 Å². The van der Waals surface area contributed by atoms with E-state index >= 15 is 0 Å². The van der Waals surface area contributed by atoms with E-state index in [-0.39, 0.29) is 16.4 Å². The Balaban J connectivity index is 1.71. The molecule has 0 radical (unpaired) electrons. The third-order valence-electron chi connectivity index (χ3n) is 4.13. The van der Waals surface area contributed by atoms with Gasteiger partial charge in [0.25, 0.3) is 5.69 Å². The third kappa shape index (κ3) is 3.69. The van der Waals surface area contributed by atoms with Crippen LogP contribution in [0.25, 0.3) is 0 Å². The summed E-state index contributed by atoms with van der Waals surface area (Å²) in [5.74, 6) is -1.31. The number of esters is 1. The van der Waals surface area contributed by atoms with Gasteiger partial charge in [0.2, 0.25) is 0 Å². The monoisotopic (exact) mass is 359 g/mol. The maximum atomic E-state index is 12.2. The van der Waals surface area contributed by atoms with Gasteiger partial charge in [0.05, 0.1) is 4.92 Å². The minimum Gasteiger partial charge on any atom is -0.454 e. The molecule has 0 unspecified atom stereocenters. The summed E-state index contributed by atoms with van der Waals surface area (Å²) in [5, 5.41) is 11.2. The normalized spacial score (nSPS) is 12.5. The molecule has 2 aromatic carbocycles. The molecule has 2 aromatic rings. The molecule has 0 fully saturated rings. The molecule has 0 saturated carbocycles. The van der Waals surface area contributed by atoms with Crippen molar-refractivity contribution in [2.75, 3.05) is 6.61 Å². The molecule has 128 valence electrons. The number of ether oxygens (including phenoxy) is 1. The number of nitro benzene ring substituents is 1. The maximum Gasteiger partial charge on any atom is 0.345 e. The predicted molar refractivity (Wildman–Crippen MR) is 91.2 cm³/mol. The Morgan fingerprint density at radius 1 is 1.12 bits per heavy atom. The number of hydrogen-bond donors (Lipinski definition) is 0. The average molecular weight is 360 g/mol. The number of nitro groups is 1. The van der Waals surface area contributed by atoms with Crippen molar-refractivity contribution >= 4 is 29.0 Å². The number of halogens is 1. The van der Waals surface area contributed by atoms with Gasteiger partial charge in [0.1, 0.15) is 5.56 Å². The number of Topliss-reactive ketones (excluding diaryl/α,β-unsaturated/α-hetero) is 1. The van der Waals surface area contributed by atoms with E-state index in [1.54, 1.807) is 6.07 Å². The molecular weight excluding hydrogens is 346 g/mol. The number of nitrogens with zero attached hydrogens (tertiary/aromatic N) is 1. The fourth-order valence-electron chi connectivity index (χ4n) is 2.87. The number of rotatable bonds is 5. The van der Waals surface area contributed by atoms with Crippen LogP contribution in [0.1, 0.15) is 38.3 Å². The predicted octanol–water partition coefficient (Wildman–Crippen LogP) is 3.78. The van der Waals surface area contributed by atoms with Gasteiger partial charge in [0.15, 0.2) is 12.4 Å². The molecule has 0 aromatic heterocycles. The third-order valence-corrected chi connectivity index (χ3v) is 4.37. The topological polar surface area (TPSA) is 86.5 Å². The molecule has 0 atom stereocenters. The van der Waals surface area contributed by atoms with E-state index in [1.807, 2.05) is 12.1 Å². The van der Waals surface area contributed by atoms with Gasteiger partial charge in [-0.15, -0.1) is 0 Å². The highest BCUT2D eigenvalue weighted by Crippen LogP contribution is 2.25. The van der Waals surface area contributed by atoms with E-state index in [0.717, 1.165) is 37.0 Å². The summed E-state index contributed by atoms with van der Waals surface area (Å²) in [6.07, 6.45) is 3.02. The molecule has 0 spiro atoms. The van der Waals surface area contributed by atoms with Crippen LogP contribution in [-0.4, -0.2) is 23.3 Å². The van der Waals surface area contributed by atoms with E-state index in [2.05, 4.69) is 0 Å².